The molecule has 21 heavy (non-hydrogen) atoms. The number of aliphatic carboxylic acids is 1. The smallest absolute Gasteiger partial charge is 0.323 e. The van der Waals surface area contributed by atoms with E-state index in [4.69, 9.17) is 5.11 Å². The topological polar surface area (TPSA) is 57.6 Å². The number of carbonyl (C=O) groups excluding carboxylic acids is 1. The molecule has 0 atom stereocenters. The summed E-state index contributed by atoms with van der Waals surface area (Å²) >= 11 is 1.20. The molecule has 0 saturated heterocycles. The monoisotopic (exact) mass is 309 g/mol. The highest BCUT2D eigenvalue weighted by atomic mass is 32.1. The Morgan fingerprint density at radius 3 is 2.67 bits per heavy atom. The highest BCUT2D eigenvalue weighted by Gasteiger charge is 2.23. The van der Waals surface area contributed by atoms with Gasteiger partial charge in [-0.2, -0.15) is 0 Å². The van der Waals surface area contributed by atoms with Crippen LogP contribution in [0.25, 0.3) is 10.1 Å². The lowest BCUT2D eigenvalue weighted by molar-refractivity contribution is -0.137. The molecular weight excluding hydrogens is 293 g/mol. The largest absolute Gasteiger partial charge is 0.480 e. The van der Waals surface area contributed by atoms with Gasteiger partial charge in [-0.25, -0.2) is 4.39 Å². The lowest BCUT2D eigenvalue weighted by Gasteiger charge is -2.19. The molecule has 4 nitrogen and oxygen atoms in total. The van der Waals surface area contributed by atoms with Crippen LogP contribution in [0.2, 0.25) is 0 Å². The summed E-state index contributed by atoms with van der Waals surface area (Å²) in [6, 6.07) is 4.72. The van der Waals surface area contributed by atoms with Crippen molar-refractivity contribution >= 4 is 33.3 Å². The summed E-state index contributed by atoms with van der Waals surface area (Å²) in [5, 5.41) is 9.35. The second-order valence-corrected chi connectivity index (χ2v) is 5.84. The number of hydrogen-bond donors (Lipinski definition) is 1. The van der Waals surface area contributed by atoms with Crippen LogP contribution in [0.5, 0.6) is 0 Å². The zero-order valence-corrected chi connectivity index (χ0v) is 12.7. The van der Waals surface area contributed by atoms with E-state index in [1.807, 2.05) is 6.92 Å². The van der Waals surface area contributed by atoms with Crippen LogP contribution in [0.4, 0.5) is 4.39 Å². The van der Waals surface area contributed by atoms with Crippen molar-refractivity contribution in [3.8, 4) is 0 Å². The van der Waals surface area contributed by atoms with Gasteiger partial charge in [0.25, 0.3) is 5.91 Å². The fourth-order valence-electron chi connectivity index (χ4n) is 2.29. The van der Waals surface area contributed by atoms with Crippen LogP contribution in [0, 0.1) is 12.7 Å². The normalized spacial score (nSPS) is 10.8. The number of hydrogen-bond acceptors (Lipinski definition) is 3. The van der Waals surface area contributed by atoms with Crippen molar-refractivity contribution < 1.29 is 19.1 Å². The summed E-state index contributed by atoms with van der Waals surface area (Å²) in [5.74, 6) is -1.76. The summed E-state index contributed by atoms with van der Waals surface area (Å²) < 4.78 is 14.6. The number of rotatable bonds is 5. The summed E-state index contributed by atoms with van der Waals surface area (Å²) in [6.07, 6.45) is 0.664. The number of thiophene rings is 1. The molecule has 0 saturated carbocycles. The molecular formula is C15H16FNO3S. The van der Waals surface area contributed by atoms with E-state index in [-0.39, 0.29) is 18.3 Å². The highest BCUT2D eigenvalue weighted by Crippen LogP contribution is 2.33. The van der Waals surface area contributed by atoms with Crippen molar-refractivity contribution in [2.45, 2.75) is 20.3 Å². The third-order valence-electron chi connectivity index (χ3n) is 3.20. The van der Waals surface area contributed by atoms with Crippen LogP contribution >= 0.6 is 11.3 Å². The minimum atomic E-state index is -1.05. The number of fused-ring (bicyclic) bond motifs is 1. The Balaban J connectivity index is 2.44. The quantitative estimate of drug-likeness (QED) is 0.922. The van der Waals surface area contributed by atoms with Gasteiger partial charge < -0.3 is 10.0 Å². The number of aryl methyl sites for hydroxylation is 1. The molecule has 1 N–H and O–H groups in total. The molecule has 0 fully saturated rings. The van der Waals surface area contributed by atoms with Crippen molar-refractivity contribution in [2.24, 2.45) is 0 Å². The van der Waals surface area contributed by atoms with Gasteiger partial charge in [0.05, 0.1) is 4.88 Å². The van der Waals surface area contributed by atoms with Crippen LogP contribution in [0.1, 0.15) is 28.6 Å². The SMILES string of the molecule is CCCN(CC(=O)O)C(=O)c1sc2cccc(F)c2c1C. The molecule has 6 heteroatoms. The standard InChI is InChI=1S/C15H16FNO3S/c1-3-7-17(8-12(18)19)15(20)14-9(2)13-10(16)5-4-6-11(13)21-14/h4-6H,3,7-8H2,1-2H3,(H,18,19). The maximum Gasteiger partial charge on any atom is 0.323 e. The summed E-state index contributed by atoms with van der Waals surface area (Å²) in [6.45, 7) is 3.59. The fraction of sp³-hybridized carbons (Fsp3) is 0.333. The van der Waals surface area contributed by atoms with Gasteiger partial charge in [0.15, 0.2) is 0 Å². The summed E-state index contributed by atoms with van der Waals surface area (Å²) in [4.78, 5) is 25.1. The number of carboxylic acids is 1. The van der Waals surface area contributed by atoms with E-state index in [1.54, 1.807) is 19.1 Å². The molecule has 0 bridgehead atoms. The lowest BCUT2D eigenvalue weighted by atomic mass is 10.1. The molecule has 0 spiro atoms. The number of carbonyl (C=O) groups is 2. The fourth-order valence-corrected chi connectivity index (χ4v) is 3.48. The van der Waals surface area contributed by atoms with Gasteiger partial charge in [0.2, 0.25) is 0 Å². The van der Waals surface area contributed by atoms with Gasteiger partial charge in [-0.15, -0.1) is 11.3 Å². The lowest BCUT2D eigenvalue weighted by Crippen LogP contribution is -2.36. The molecule has 0 aliphatic carbocycles. The first-order valence-electron chi connectivity index (χ1n) is 6.64. The average molecular weight is 309 g/mol. The Morgan fingerprint density at radius 1 is 1.38 bits per heavy atom. The number of amides is 1. The molecule has 1 heterocycles. The number of nitrogens with zero attached hydrogens (tertiary/aromatic N) is 1. The molecule has 1 aromatic carbocycles. The third-order valence-corrected chi connectivity index (χ3v) is 4.45. The Morgan fingerprint density at radius 2 is 2.10 bits per heavy atom. The summed E-state index contributed by atoms with van der Waals surface area (Å²) in [5.41, 5.74) is 0.574. The van der Waals surface area contributed by atoms with Gasteiger partial charge >= 0.3 is 5.97 Å². The zero-order valence-electron chi connectivity index (χ0n) is 11.9. The molecule has 0 aliphatic rings. The Labute approximate surface area is 125 Å². The van der Waals surface area contributed by atoms with Crippen LogP contribution in [0.3, 0.4) is 0 Å². The molecule has 2 aromatic rings. The molecule has 1 amide bonds. The molecule has 2 rings (SSSR count). The Bertz CT molecular complexity index is 696. The van der Waals surface area contributed by atoms with E-state index in [2.05, 4.69) is 0 Å². The maximum absolute atomic E-state index is 13.9. The van der Waals surface area contributed by atoms with E-state index in [1.165, 1.54) is 22.3 Å². The molecule has 112 valence electrons. The van der Waals surface area contributed by atoms with Crippen LogP contribution < -0.4 is 0 Å². The molecule has 0 unspecified atom stereocenters. The van der Waals surface area contributed by atoms with Crippen molar-refractivity contribution in [2.75, 3.05) is 13.1 Å². The van der Waals surface area contributed by atoms with E-state index in [9.17, 15) is 14.0 Å². The first-order chi connectivity index (χ1) is 9.95. The van der Waals surface area contributed by atoms with E-state index in [0.29, 0.717) is 33.5 Å². The zero-order chi connectivity index (χ0) is 15.6. The van der Waals surface area contributed by atoms with Crippen LogP contribution in [-0.2, 0) is 4.79 Å². The summed E-state index contributed by atoms with van der Waals surface area (Å²) in [7, 11) is 0. The van der Waals surface area contributed by atoms with E-state index in [0.717, 1.165) is 0 Å². The average Bonchev–Trinajstić information content (AvgIpc) is 2.76. The van der Waals surface area contributed by atoms with Crippen LogP contribution in [-0.4, -0.2) is 35.0 Å². The van der Waals surface area contributed by atoms with Crippen molar-refractivity contribution in [3.63, 3.8) is 0 Å². The Kier molecular flexibility index (Phi) is 4.57. The molecule has 1 aromatic heterocycles. The third kappa shape index (κ3) is 3.05. The number of carboxylic acid groups (broad SMARTS) is 1. The second kappa shape index (κ2) is 6.22. The van der Waals surface area contributed by atoms with E-state index < -0.39 is 5.97 Å². The van der Waals surface area contributed by atoms with Crippen LogP contribution in [0.15, 0.2) is 18.2 Å². The van der Waals surface area contributed by atoms with Gasteiger partial charge in [0.1, 0.15) is 12.4 Å². The minimum absolute atomic E-state index is 0.344. The van der Waals surface area contributed by atoms with Gasteiger partial charge in [-0.3, -0.25) is 9.59 Å². The number of halogens is 1. The molecule has 0 aliphatic heterocycles. The highest BCUT2D eigenvalue weighted by molar-refractivity contribution is 7.21. The molecule has 0 radical (unpaired) electrons. The predicted octanol–water partition coefficient (Wildman–Crippen LogP) is 3.29. The van der Waals surface area contributed by atoms with Gasteiger partial charge in [-0.1, -0.05) is 13.0 Å². The second-order valence-electron chi connectivity index (χ2n) is 4.79. The van der Waals surface area contributed by atoms with E-state index >= 15 is 0 Å². The van der Waals surface area contributed by atoms with Gasteiger partial charge in [0, 0.05) is 16.6 Å². The van der Waals surface area contributed by atoms with Crippen molar-refractivity contribution in [1.82, 2.24) is 4.90 Å². The Hall–Kier alpha value is -1.95. The first-order valence-corrected chi connectivity index (χ1v) is 7.46. The van der Waals surface area contributed by atoms with Crippen molar-refractivity contribution in [3.05, 3.63) is 34.5 Å². The maximum atomic E-state index is 13.9. The van der Waals surface area contributed by atoms with Crippen molar-refractivity contribution in [1.29, 1.82) is 0 Å². The minimum Gasteiger partial charge on any atom is -0.480 e. The first kappa shape index (κ1) is 15.4. The number of benzene rings is 1. The predicted molar refractivity (Wildman–Crippen MR) is 80.4 cm³/mol. The van der Waals surface area contributed by atoms with Gasteiger partial charge in [-0.05, 0) is 31.0 Å².